The van der Waals surface area contributed by atoms with Crippen molar-refractivity contribution in [2.24, 2.45) is 0 Å². The maximum absolute atomic E-state index is 5.78. The molecule has 0 spiro atoms. The summed E-state index contributed by atoms with van der Waals surface area (Å²) in [5.41, 5.74) is 1.23. The first-order chi connectivity index (χ1) is 7.90. The smallest absolute Gasteiger partial charge is 0.0950 e. The molecule has 1 aromatic rings. The second-order valence-electron chi connectivity index (χ2n) is 4.39. The summed E-state index contributed by atoms with van der Waals surface area (Å²) in [6.45, 7) is 4.03. The predicted octanol–water partition coefficient (Wildman–Crippen LogP) is 2.89. The quantitative estimate of drug-likeness (QED) is 0.833. The maximum atomic E-state index is 5.78. The highest BCUT2D eigenvalue weighted by atomic mass is 16.5. The number of furan rings is 1. The van der Waals surface area contributed by atoms with E-state index in [0.717, 1.165) is 19.6 Å². The summed E-state index contributed by atoms with van der Waals surface area (Å²) >= 11 is 0. The van der Waals surface area contributed by atoms with Crippen LogP contribution in [0.4, 0.5) is 0 Å². The monoisotopic (exact) mass is 223 g/mol. The molecule has 3 heteroatoms. The zero-order valence-corrected chi connectivity index (χ0v) is 9.95. The molecule has 0 radical (unpaired) electrons. The molecule has 0 saturated carbocycles. The highest BCUT2D eigenvalue weighted by molar-refractivity contribution is 5.11. The summed E-state index contributed by atoms with van der Waals surface area (Å²) in [5.74, 6) is 0. The van der Waals surface area contributed by atoms with E-state index in [0.29, 0.717) is 12.1 Å². The molecule has 1 fully saturated rings. The zero-order chi connectivity index (χ0) is 11.2. The van der Waals surface area contributed by atoms with Crippen molar-refractivity contribution in [3.8, 4) is 0 Å². The van der Waals surface area contributed by atoms with Gasteiger partial charge in [0.05, 0.1) is 18.6 Å². The van der Waals surface area contributed by atoms with Crippen molar-refractivity contribution in [3.63, 3.8) is 0 Å². The molecule has 0 amide bonds. The molecule has 1 N–H and O–H groups in total. The summed E-state index contributed by atoms with van der Waals surface area (Å²) in [6.07, 6.45) is 8.74. The van der Waals surface area contributed by atoms with Crippen LogP contribution in [0.15, 0.2) is 23.0 Å². The first-order valence-electron chi connectivity index (χ1n) is 6.27. The molecule has 2 rings (SSSR count). The van der Waals surface area contributed by atoms with Crippen molar-refractivity contribution >= 4 is 0 Å². The Morgan fingerprint density at radius 3 is 3.06 bits per heavy atom. The molecular formula is C13H21NO2. The van der Waals surface area contributed by atoms with Crippen LogP contribution in [0, 0.1) is 0 Å². The minimum atomic E-state index is 0.367. The Kier molecular flexibility index (Phi) is 4.43. The number of hydrogen-bond acceptors (Lipinski definition) is 3. The molecule has 90 valence electrons. The van der Waals surface area contributed by atoms with Gasteiger partial charge < -0.3 is 14.5 Å². The van der Waals surface area contributed by atoms with Crippen molar-refractivity contribution in [1.29, 1.82) is 0 Å². The summed E-state index contributed by atoms with van der Waals surface area (Å²) in [7, 11) is 0. The molecule has 2 heterocycles. The highest BCUT2D eigenvalue weighted by Crippen LogP contribution is 2.25. The molecule has 3 nitrogen and oxygen atoms in total. The van der Waals surface area contributed by atoms with Crippen LogP contribution in [0.2, 0.25) is 0 Å². The van der Waals surface area contributed by atoms with Gasteiger partial charge in [0, 0.05) is 18.2 Å². The van der Waals surface area contributed by atoms with Gasteiger partial charge in [0.1, 0.15) is 0 Å². The van der Waals surface area contributed by atoms with Gasteiger partial charge >= 0.3 is 0 Å². The molecule has 2 atom stereocenters. The van der Waals surface area contributed by atoms with Crippen LogP contribution in [0.3, 0.4) is 0 Å². The molecule has 0 bridgehead atoms. The van der Waals surface area contributed by atoms with Gasteiger partial charge in [-0.1, -0.05) is 6.92 Å². The minimum Gasteiger partial charge on any atom is -0.472 e. The van der Waals surface area contributed by atoms with Gasteiger partial charge in [-0.05, 0) is 38.3 Å². The summed E-state index contributed by atoms with van der Waals surface area (Å²) in [6, 6.07) is 2.41. The van der Waals surface area contributed by atoms with Crippen LogP contribution in [-0.4, -0.2) is 19.3 Å². The van der Waals surface area contributed by atoms with Gasteiger partial charge in [-0.25, -0.2) is 0 Å². The van der Waals surface area contributed by atoms with Gasteiger partial charge in [-0.3, -0.25) is 0 Å². The third-order valence-corrected chi connectivity index (χ3v) is 3.17. The predicted molar refractivity (Wildman–Crippen MR) is 63.3 cm³/mol. The highest BCUT2D eigenvalue weighted by Gasteiger charge is 2.20. The van der Waals surface area contributed by atoms with Crippen LogP contribution < -0.4 is 5.32 Å². The second-order valence-corrected chi connectivity index (χ2v) is 4.39. The molecule has 16 heavy (non-hydrogen) atoms. The molecule has 1 aromatic heterocycles. The van der Waals surface area contributed by atoms with Crippen LogP contribution in [-0.2, 0) is 4.74 Å². The van der Waals surface area contributed by atoms with Crippen molar-refractivity contribution in [1.82, 2.24) is 5.32 Å². The molecule has 2 unspecified atom stereocenters. The molecular weight excluding hydrogens is 202 g/mol. The fourth-order valence-electron chi connectivity index (χ4n) is 2.31. The Bertz CT molecular complexity index is 278. The number of ether oxygens (including phenoxy) is 1. The Balaban J connectivity index is 1.91. The summed E-state index contributed by atoms with van der Waals surface area (Å²) < 4.78 is 10.9. The summed E-state index contributed by atoms with van der Waals surface area (Å²) in [4.78, 5) is 0. The van der Waals surface area contributed by atoms with Crippen molar-refractivity contribution in [2.75, 3.05) is 13.2 Å². The number of nitrogens with one attached hydrogen (secondary N) is 1. The van der Waals surface area contributed by atoms with E-state index in [2.05, 4.69) is 12.2 Å². The third-order valence-electron chi connectivity index (χ3n) is 3.17. The van der Waals surface area contributed by atoms with E-state index in [1.807, 2.05) is 12.3 Å². The lowest BCUT2D eigenvalue weighted by Crippen LogP contribution is -2.28. The van der Waals surface area contributed by atoms with Crippen LogP contribution in [0.25, 0.3) is 0 Å². The van der Waals surface area contributed by atoms with Crippen LogP contribution >= 0.6 is 0 Å². The number of hydrogen-bond donors (Lipinski definition) is 1. The van der Waals surface area contributed by atoms with E-state index in [-0.39, 0.29) is 0 Å². The SMILES string of the molecule is CCNC(CC1CCCCO1)c1ccoc1. The van der Waals surface area contributed by atoms with E-state index in [1.54, 1.807) is 6.26 Å². The molecule has 1 aliphatic heterocycles. The maximum Gasteiger partial charge on any atom is 0.0950 e. The van der Waals surface area contributed by atoms with Crippen molar-refractivity contribution in [2.45, 2.75) is 44.8 Å². The molecule has 0 aromatic carbocycles. The largest absolute Gasteiger partial charge is 0.472 e. The summed E-state index contributed by atoms with van der Waals surface area (Å²) in [5, 5.41) is 3.49. The topological polar surface area (TPSA) is 34.4 Å². The standard InChI is InChI=1S/C13H21NO2/c1-2-14-13(11-6-8-15-10-11)9-12-5-3-4-7-16-12/h6,8,10,12-14H,2-5,7,9H2,1H3. The van der Waals surface area contributed by atoms with Crippen LogP contribution in [0.5, 0.6) is 0 Å². The fraction of sp³-hybridized carbons (Fsp3) is 0.692. The minimum absolute atomic E-state index is 0.367. The normalized spacial score (nSPS) is 23.2. The zero-order valence-electron chi connectivity index (χ0n) is 9.95. The first-order valence-corrected chi connectivity index (χ1v) is 6.27. The average Bonchev–Trinajstić information content (AvgIpc) is 2.83. The van der Waals surface area contributed by atoms with E-state index >= 15 is 0 Å². The van der Waals surface area contributed by atoms with Gasteiger partial charge in [0.2, 0.25) is 0 Å². The Hall–Kier alpha value is -0.800. The van der Waals surface area contributed by atoms with Gasteiger partial charge in [-0.2, -0.15) is 0 Å². The average molecular weight is 223 g/mol. The molecule has 0 aliphatic carbocycles. The third kappa shape index (κ3) is 3.09. The van der Waals surface area contributed by atoms with E-state index in [1.165, 1.54) is 24.8 Å². The van der Waals surface area contributed by atoms with Gasteiger partial charge in [0.15, 0.2) is 0 Å². The first kappa shape index (κ1) is 11.7. The lowest BCUT2D eigenvalue weighted by molar-refractivity contribution is 0.00511. The van der Waals surface area contributed by atoms with Gasteiger partial charge in [0.25, 0.3) is 0 Å². The number of rotatable bonds is 5. The van der Waals surface area contributed by atoms with Crippen molar-refractivity contribution < 1.29 is 9.15 Å². The molecule has 1 aliphatic rings. The van der Waals surface area contributed by atoms with Gasteiger partial charge in [-0.15, -0.1) is 0 Å². The Morgan fingerprint density at radius 2 is 2.44 bits per heavy atom. The Labute approximate surface area is 97.2 Å². The lowest BCUT2D eigenvalue weighted by atomic mass is 9.98. The van der Waals surface area contributed by atoms with E-state index < -0.39 is 0 Å². The molecule has 1 saturated heterocycles. The van der Waals surface area contributed by atoms with Crippen LogP contribution in [0.1, 0.15) is 44.2 Å². The van der Waals surface area contributed by atoms with E-state index in [9.17, 15) is 0 Å². The van der Waals surface area contributed by atoms with E-state index in [4.69, 9.17) is 9.15 Å². The Morgan fingerprint density at radius 1 is 1.50 bits per heavy atom. The second kappa shape index (κ2) is 6.06. The fourth-order valence-corrected chi connectivity index (χ4v) is 2.31. The lowest BCUT2D eigenvalue weighted by Gasteiger charge is -2.27. The van der Waals surface area contributed by atoms with Crippen molar-refractivity contribution in [3.05, 3.63) is 24.2 Å².